The van der Waals surface area contributed by atoms with E-state index in [1.807, 2.05) is 23.4 Å². The molecule has 114 valence electrons. The summed E-state index contributed by atoms with van der Waals surface area (Å²) in [6, 6.07) is 0.741. The Morgan fingerprint density at radius 2 is 2.24 bits per heavy atom. The van der Waals surface area contributed by atoms with E-state index in [-0.39, 0.29) is 6.61 Å². The van der Waals surface area contributed by atoms with Gasteiger partial charge in [0.15, 0.2) is 0 Å². The van der Waals surface area contributed by atoms with Gasteiger partial charge in [0.05, 0.1) is 25.2 Å². The number of hydrogen-bond acceptors (Lipinski definition) is 5. The molecule has 0 radical (unpaired) electrons. The lowest BCUT2D eigenvalue weighted by Gasteiger charge is -2.32. The number of aliphatic hydroxyl groups excluding tert-OH is 1. The lowest BCUT2D eigenvalue weighted by Crippen LogP contribution is -2.41. The maximum Gasteiger partial charge on any atom is 0.108 e. The molecule has 1 aliphatic rings. The maximum absolute atomic E-state index is 9.12. The van der Waals surface area contributed by atoms with E-state index in [2.05, 4.69) is 25.2 Å². The molecule has 0 aromatic carbocycles. The molecule has 2 aromatic heterocycles. The summed E-state index contributed by atoms with van der Waals surface area (Å²) in [7, 11) is 0. The average Bonchev–Trinajstić information content (AvgIpc) is 3.19. The van der Waals surface area contributed by atoms with Crippen LogP contribution in [0.3, 0.4) is 0 Å². The van der Waals surface area contributed by atoms with Crippen LogP contribution in [0.25, 0.3) is 0 Å². The van der Waals surface area contributed by atoms with Crippen LogP contribution in [0.5, 0.6) is 0 Å². The Kier molecular flexibility index (Phi) is 4.62. The van der Waals surface area contributed by atoms with E-state index in [4.69, 9.17) is 5.11 Å². The van der Waals surface area contributed by atoms with Gasteiger partial charge in [-0.05, 0) is 12.8 Å². The lowest BCUT2D eigenvalue weighted by atomic mass is 9.90. The first-order chi connectivity index (χ1) is 10.4. The molecule has 2 aromatic rings. The minimum atomic E-state index is -0.0502. The lowest BCUT2D eigenvalue weighted by molar-refractivity contribution is 0.242. The molecular formula is C14H22N6O. The van der Waals surface area contributed by atoms with Crippen molar-refractivity contribution >= 4 is 0 Å². The van der Waals surface area contributed by atoms with Crippen molar-refractivity contribution in [1.82, 2.24) is 29.9 Å². The average molecular weight is 290 g/mol. The van der Waals surface area contributed by atoms with Gasteiger partial charge in [-0.15, -0.1) is 5.10 Å². The Hall–Kier alpha value is -1.73. The van der Waals surface area contributed by atoms with E-state index < -0.39 is 0 Å². The Morgan fingerprint density at radius 1 is 1.33 bits per heavy atom. The molecule has 0 saturated heterocycles. The zero-order chi connectivity index (χ0) is 14.5. The summed E-state index contributed by atoms with van der Waals surface area (Å²) >= 11 is 0. The van der Waals surface area contributed by atoms with Crippen molar-refractivity contribution in [1.29, 1.82) is 0 Å². The number of nitrogens with one attached hydrogen (secondary N) is 1. The first-order valence-electron chi connectivity index (χ1n) is 7.57. The molecule has 7 heteroatoms. The first kappa shape index (κ1) is 14.2. The van der Waals surface area contributed by atoms with Gasteiger partial charge in [-0.25, -0.2) is 9.67 Å². The molecule has 0 unspecified atom stereocenters. The summed E-state index contributed by atoms with van der Waals surface area (Å²) in [5.74, 6) is 0. The standard InChI is InChI=1S/C14H22N6O/c21-10-12-9-20(18-17-12)14-4-2-1-3-13(14)16-6-8-19-7-5-15-11-19/h5,7,9,11,13-14,16,21H,1-4,6,8,10H2/t13-,14+/m0/s1. The van der Waals surface area contributed by atoms with Gasteiger partial charge in [-0.1, -0.05) is 18.1 Å². The molecule has 1 saturated carbocycles. The van der Waals surface area contributed by atoms with Crippen LogP contribution in [0.1, 0.15) is 37.4 Å². The van der Waals surface area contributed by atoms with Gasteiger partial charge in [-0.2, -0.15) is 0 Å². The molecule has 3 rings (SSSR count). The summed E-state index contributed by atoms with van der Waals surface area (Å²) in [5, 5.41) is 20.9. The van der Waals surface area contributed by atoms with Crippen molar-refractivity contribution in [2.75, 3.05) is 6.54 Å². The maximum atomic E-state index is 9.12. The highest BCUT2D eigenvalue weighted by molar-refractivity contribution is 4.94. The van der Waals surface area contributed by atoms with Crippen molar-refractivity contribution in [3.05, 3.63) is 30.6 Å². The van der Waals surface area contributed by atoms with Crippen molar-refractivity contribution in [3.63, 3.8) is 0 Å². The molecule has 0 aliphatic heterocycles. The quantitative estimate of drug-likeness (QED) is 0.820. The molecule has 0 amide bonds. The second kappa shape index (κ2) is 6.82. The van der Waals surface area contributed by atoms with Gasteiger partial charge in [0, 0.05) is 31.5 Å². The summed E-state index contributed by atoms with van der Waals surface area (Å²) in [6.45, 7) is 1.78. The number of hydrogen-bond donors (Lipinski definition) is 2. The molecular weight excluding hydrogens is 268 g/mol. The molecule has 1 aliphatic carbocycles. The van der Waals surface area contributed by atoms with Crippen LogP contribution >= 0.6 is 0 Å². The summed E-state index contributed by atoms with van der Waals surface area (Å²) < 4.78 is 3.99. The molecule has 1 fully saturated rings. The zero-order valence-electron chi connectivity index (χ0n) is 12.1. The number of aliphatic hydroxyl groups is 1. The Morgan fingerprint density at radius 3 is 3.00 bits per heavy atom. The summed E-state index contributed by atoms with van der Waals surface area (Å²) in [4.78, 5) is 4.05. The molecule has 2 N–H and O–H groups in total. The largest absolute Gasteiger partial charge is 0.390 e. The number of rotatable bonds is 6. The van der Waals surface area contributed by atoms with E-state index >= 15 is 0 Å². The topological polar surface area (TPSA) is 80.8 Å². The normalized spacial score (nSPS) is 22.5. The third-order valence-electron chi connectivity index (χ3n) is 4.12. The van der Waals surface area contributed by atoms with Crippen LogP contribution in [0.15, 0.2) is 24.9 Å². The smallest absolute Gasteiger partial charge is 0.108 e. The highest BCUT2D eigenvalue weighted by Gasteiger charge is 2.27. The SMILES string of the molecule is OCc1cn([C@@H]2CCCC[C@@H]2NCCn2ccnc2)nn1. The fraction of sp³-hybridized carbons (Fsp3) is 0.643. The Balaban J connectivity index is 1.58. The molecule has 0 bridgehead atoms. The van der Waals surface area contributed by atoms with Gasteiger partial charge in [-0.3, -0.25) is 0 Å². The third-order valence-corrected chi connectivity index (χ3v) is 4.12. The van der Waals surface area contributed by atoms with Gasteiger partial charge in [0.25, 0.3) is 0 Å². The summed E-state index contributed by atoms with van der Waals surface area (Å²) in [5.41, 5.74) is 0.637. The first-order valence-corrected chi connectivity index (χ1v) is 7.57. The van der Waals surface area contributed by atoms with Crippen LogP contribution in [0, 0.1) is 0 Å². The van der Waals surface area contributed by atoms with Crippen LogP contribution in [0.2, 0.25) is 0 Å². The number of imidazole rings is 1. The van der Waals surface area contributed by atoms with Gasteiger partial charge in [0.1, 0.15) is 5.69 Å². The van der Waals surface area contributed by atoms with Gasteiger partial charge < -0.3 is 15.0 Å². The minimum absolute atomic E-state index is 0.0502. The van der Waals surface area contributed by atoms with Crippen LogP contribution < -0.4 is 5.32 Å². The van der Waals surface area contributed by atoms with E-state index in [0.29, 0.717) is 17.8 Å². The summed E-state index contributed by atoms with van der Waals surface area (Å²) in [6.07, 6.45) is 12.2. The van der Waals surface area contributed by atoms with Crippen LogP contribution in [-0.4, -0.2) is 42.2 Å². The van der Waals surface area contributed by atoms with Crippen molar-refractivity contribution in [3.8, 4) is 0 Å². The van der Waals surface area contributed by atoms with Crippen molar-refractivity contribution in [2.24, 2.45) is 0 Å². The molecule has 0 spiro atoms. The molecule has 2 heterocycles. The highest BCUT2D eigenvalue weighted by Crippen LogP contribution is 2.28. The minimum Gasteiger partial charge on any atom is -0.390 e. The fourth-order valence-corrected chi connectivity index (χ4v) is 3.01. The highest BCUT2D eigenvalue weighted by atomic mass is 16.3. The Labute approximate surface area is 124 Å². The second-order valence-corrected chi connectivity index (χ2v) is 5.56. The predicted octanol–water partition coefficient (Wildman–Crippen LogP) is 0.740. The fourth-order valence-electron chi connectivity index (χ4n) is 3.01. The van der Waals surface area contributed by atoms with Gasteiger partial charge >= 0.3 is 0 Å². The number of aromatic nitrogens is 5. The third kappa shape index (κ3) is 3.48. The van der Waals surface area contributed by atoms with E-state index in [0.717, 1.165) is 25.9 Å². The Bertz CT molecular complexity index is 537. The second-order valence-electron chi connectivity index (χ2n) is 5.56. The van der Waals surface area contributed by atoms with E-state index in [1.165, 1.54) is 12.8 Å². The molecule has 21 heavy (non-hydrogen) atoms. The van der Waals surface area contributed by atoms with Gasteiger partial charge in [0.2, 0.25) is 0 Å². The zero-order valence-corrected chi connectivity index (χ0v) is 12.1. The van der Waals surface area contributed by atoms with E-state index in [1.54, 1.807) is 6.20 Å². The van der Waals surface area contributed by atoms with Crippen molar-refractivity contribution < 1.29 is 5.11 Å². The predicted molar refractivity (Wildman–Crippen MR) is 77.5 cm³/mol. The van der Waals surface area contributed by atoms with Crippen LogP contribution in [0.4, 0.5) is 0 Å². The molecule has 7 nitrogen and oxygen atoms in total. The van der Waals surface area contributed by atoms with Crippen LogP contribution in [-0.2, 0) is 13.2 Å². The van der Waals surface area contributed by atoms with E-state index in [9.17, 15) is 0 Å². The number of nitrogens with zero attached hydrogens (tertiary/aromatic N) is 5. The monoisotopic (exact) mass is 290 g/mol. The molecule has 2 atom stereocenters. The van der Waals surface area contributed by atoms with Crippen molar-refractivity contribution in [2.45, 2.75) is 50.9 Å².